The molecule has 0 aromatic carbocycles. The van der Waals surface area contributed by atoms with Gasteiger partial charge in [0.05, 0.1) is 6.07 Å². The van der Waals surface area contributed by atoms with Crippen LogP contribution in [-0.4, -0.2) is 11.2 Å². The first kappa shape index (κ1) is 7.45. The topological polar surface area (TPSA) is 44.0 Å². The minimum atomic E-state index is -0.741. The van der Waals surface area contributed by atoms with E-state index in [0.717, 1.165) is 12.8 Å². The number of nitrogens with zero attached hydrogens (tertiary/aromatic N) is 1. The van der Waals surface area contributed by atoms with Crippen molar-refractivity contribution in [1.82, 2.24) is 0 Å². The third-order valence-electron chi connectivity index (χ3n) is 0.980. The molecule has 0 saturated carbocycles. The van der Waals surface area contributed by atoms with Gasteiger partial charge in [0, 0.05) is 0 Å². The number of rotatable bonds is 3. The van der Waals surface area contributed by atoms with E-state index in [1.165, 1.54) is 0 Å². The molecule has 0 aliphatic carbocycles. The van der Waals surface area contributed by atoms with Crippen LogP contribution in [-0.2, 0) is 0 Å². The van der Waals surface area contributed by atoms with E-state index in [-0.39, 0.29) is 0 Å². The molecule has 1 atom stereocenters. The van der Waals surface area contributed by atoms with Crippen LogP contribution in [0.5, 0.6) is 0 Å². The van der Waals surface area contributed by atoms with Crippen molar-refractivity contribution in [2.45, 2.75) is 32.3 Å². The smallest absolute Gasteiger partial charge is 0.140 e. The van der Waals surface area contributed by atoms with Crippen molar-refractivity contribution in [3.8, 4) is 6.07 Å². The fourth-order valence-corrected chi connectivity index (χ4v) is 0.462. The van der Waals surface area contributed by atoms with Gasteiger partial charge in [0.15, 0.2) is 0 Å². The zero-order valence-corrected chi connectivity index (χ0v) is 5.09. The summed E-state index contributed by atoms with van der Waals surface area (Å²) in [5.41, 5.74) is 0. The lowest BCUT2D eigenvalue weighted by Gasteiger charge is -1.95. The Kier molecular flexibility index (Phi) is 4.29. The van der Waals surface area contributed by atoms with Crippen molar-refractivity contribution in [1.29, 1.82) is 5.26 Å². The summed E-state index contributed by atoms with van der Waals surface area (Å²) in [6.07, 6.45) is 1.86. The van der Waals surface area contributed by atoms with E-state index in [0.29, 0.717) is 6.42 Å². The van der Waals surface area contributed by atoms with E-state index in [2.05, 4.69) is 0 Å². The van der Waals surface area contributed by atoms with Crippen molar-refractivity contribution in [2.24, 2.45) is 0 Å². The van der Waals surface area contributed by atoms with E-state index in [9.17, 15) is 0 Å². The zero-order chi connectivity index (χ0) is 6.41. The molecule has 0 aliphatic rings. The summed E-state index contributed by atoms with van der Waals surface area (Å²) in [6, 6.07) is 1.76. The highest BCUT2D eigenvalue weighted by molar-refractivity contribution is 4.80. The summed E-state index contributed by atoms with van der Waals surface area (Å²) >= 11 is 0. The summed E-state index contributed by atoms with van der Waals surface area (Å²) in [6.45, 7) is 2.03. The first-order valence-corrected chi connectivity index (χ1v) is 2.89. The molecule has 0 radical (unpaired) electrons. The average Bonchev–Trinajstić information content (AvgIpc) is 1.83. The summed E-state index contributed by atoms with van der Waals surface area (Å²) < 4.78 is 0. The second-order valence-corrected chi connectivity index (χ2v) is 1.79. The average molecular weight is 113 g/mol. The number of nitriles is 1. The standard InChI is InChI=1S/C6H11NO/c1-2-3-4-6(8)5-7/h6,8H,2-4H2,1H3/t6-/m1/s1. The van der Waals surface area contributed by atoms with Gasteiger partial charge in [-0.15, -0.1) is 0 Å². The third kappa shape index (κ3) is 3.63. The monoisotopic (exact) mass is 113 g/mol. The van der Waals surface area contributed by atoms with Crippen molar-refractivity contribution in [3.63, 3.8) is 0 Å². The Bertz CT molecular complexity index is 85.0. The largest absolute Gasteiger partial charge is 0.378 e. The molecular formula is C6H11NO. The van der Waals surface area contributed by atoms with Gasteiger partial charge in [-0.1, -0.05) is 19.8 Å². The van der Waals surface area contributed by atoms with Crippen LogP contribution in [0.25, 0.3) is 0 Å². The van der Waals surface area contributed by atoms with E-state index in [4.69, 9.17) is 10.4 Å². The minimum absolute atomic E-state index is 0.618. The molecule has 0 aromatic heterocycles. The molecule has 2 heteroatoms. The van der Waals surface area contributed by atoms with Gasteiger partial charge in [-0.3, -0.25) is 0 Å². The van der Waals surface area contributed by atoms with Gasteiger partial charge in [0.1, 0.15) is 6.10 Å². The van der Waals surface area contributed by atoms with Gasteiger partial charge in [0.25, 0.3) is 0 Å². The molecule has 0 aromatic rings. The second-order valence-electron chi connectivity index (χ2n) is 1.79. The molecule has 2 nitrogen and oxygen atoms in total. The third-order valence-corrected chi connectivity index (χ3v) is 0.980. The van der Waals surface area contributed by atoms with Gasteiger partial charge in [-0.05, 0) is 6.42 Å². The Hall–Kier alpha value is -0.550. The fraction of sp³-hybridized carbons (Fsp3) is 0.833. The Morgan fingerprint density at radius 2 is 2.38 bits per heavy atom. The van der Waals surface area contributed by atoms with Crippen molar-refractivity contribution < 1.29 is 5.11 Å². The number of unbranched alkanes of at least 4 members (excludes halogenated alkanes) is 1. The van der Waals surface area contributed by atoms with Crippen LogP contribution in [0, 0.1) is 11.3 Å². The Labute approximate surface area is 49.8 Å². The zero-order valence-electron chi connectivity index (χ0n) is 5.09. The van der Waals surface area contributed by atoms with Gasteiger partial charge >= 0.3 is 0 Å². The molecule has 46 valence electrons. The maximum atomic E-state index is 8.63. The maximum absolute atomic E-state index is 8.63. The lowest BCUT2D eigenvalue weighted by atomic mass is 10.2. The van der Waals surface area contributed by atoms with E-state index in [1.807, 2.05) is 6.92 Å². The normalized spacial score (nSPS) is 12.6. The molecule has 0 heterocycles. The van der Waals surface area contributed by atoms with E-state index < -0.39 is 6.10 Å². The highest BCUT2D eigenvalue weighted by atomic mass is 16.3. The Morgan fingerprint density at radius 3 is 2.75 bits per heavy atom. The van der Waals surface area contributed by atoms with Crippen LogP contribution in [0.3, 0.4) is 0 Å². The van der Waals surface area contributed by atoms with Gasteiger partial charge in [0.2, 0.25) is 0 Å². The van der Waals surface area contributed by atoms with Crippen molar-refractivity contribution in [2.75, 3.05) is 0 Å². The second kappa shape index (κ2) is 4.61. The molecule has 8 heavy (non-hydrogen) atoms. The first-order valence-electron chi connectivity index (χ1n) is 2.89. The summed E-state index contributed by atoms with van der Waals surface area (Å²) in [4.78, 5) is 0. The predicted molar refractivity (Wildman–Crippen MR) is 31.1 cm³/mol. The summed E-state index contributed by atoms with van der Waals surface area (Å²) in [5.74, 6) is 0. The van der Waals surface area contributed by atoms with Crippen LogP contribution < -0.4 is 0 Å². The molecule has 0 fully saturated rings. The number of aliphatic hydroxyl groups excluding tert-OH is 1. The van der Waals surface area contributed by atoms with Crippen LogP contribution in [0.4, 0.5) is 0 Å². The lowest BCUT2D eigenvalue weighted by molar-refractivity contribution is 0.216. The highest BCUT2D eigenvalue weighted by Crippen LogP contribution is 1.97. The predicted octanol–water partition coefficient (Wildman–Crippen LogP) is 1.06. The van der Waals surface area contributed by atoms with Crippen LogP contribution in [0.1, 0.15) is 26.2 Å². The van der Waals surface area contributed by atoms with Crippen LogP contribution >= 0.6 is 0 Å². The molecule has 0 bridgehead atoms. The molecule has 0 spiro atoms. The lowest BCUT2D eigenvalue weighted by Crippen LogP contribution is -2.00. The van der Waals surface area contributed by atoms with Crippen molar-refractivity contribution in [3.05, 3.63) is 0 Å². The quantitative estimate of drug-likeness (QED) is 0.556. The molecule has 0 amide bonds. The van der Waals surface area contributed by atoms with Crippen LogP contribution in [0.15, 0.2) is 0 Å². The fourth-order valence-electron chi connectivity index (χ4n) is 0.462. The van der Waals surface area contributed by atoms with Crippen molar-refractivity contribution >= 4 is 0 Å². The molecule has 0 saturated heterocycles. The number of hydrogen-bond donors (Lipinski definition) is 1. The minimum Gasteiger partial charge on any atom is -0.378 e. The summed E-state index contributed by atoms with van der Waals surface area (Å²) in [7, 11) is 0. The van der Waals surface area contributed by atoms with Crippen LogP contribution in [0.2, 0.25) is 0 Å². The number of hydrogen-bond acceptors (Lipinski definition) is 2. The van der Waals surface area contributed by atoms with Gasteiger partial charge in [-0.2, -0.15) is 5.26 Å². The maximum Gasteiger partial charge on any atom is 0.140 e. The highest BCUT2D eigenvalue weighted by Gasteiger charge is 1.96. The SMILES string of the molecule is CCCC[C@@H](O)C#N. The Morgan fingerprint density at radius 1 is 1.75 bits per heavy atom. The van der Waals surface area contributed by atoms with E-state index >= 15 is 0 Å². The first-order chi connectivity index (χ1) is 3.81. The van der Waals surface area contributed by atoms with Gasteiger partial charge < -0.3 is 5.11 Å². The molecule has 1 N–H and O–H groups in total. The molecule has 0 aliphatic heterocycles. The molecular weight excluding hydrogens is 102 g/mol. The summed E-state index contributed by atoms with van der Waals surface area (Å²) in [5, 5.41) is 16.7. The number of aliphatic hydroxyl groups is 1. The molecule has 0 rings (SSSR count). The Balaban J connectivity index is 3.02. The van der Waals surface area contributed by atoms with E-state index in [1.54, 1.807) is 6.07 Å². The van der Waals surface area contributed by atoms with Gasteiger partial charge in [-0.25, -0.2) is 0 Å². The molecule has 0 unspecified atom stereocenters.